The van der Waals surface area contributed by atoms with Crippen LogP contribution in [0.1, 0.15) is 32.1 Å². The Labute approximate surface area is 108 Å². The molecule has 0 spiro atoms. The number of urea groups is 1. The molecule has 0 unspecified atom stereocenters. The van der Waals surface area contributed by atoms with Gasteiger partial charge < -0.3 is 15.3 Å². The minimum Gasteiger partial charge on any atom is -0.396 e. The van der Waals surface area contributed by atoms with Gasteiger partial charge in [-0.05, 0) is 25.0 Å². The summed E-state index contributed by atoms with van der Waals surface area (Å²) in [6, 6.07) is 0.0923. The molecule has 0 bridgehead atoms. The minimum absolute atomic E-state index is 0.0923. The SMILES string of the molecule is O=C(NCCSCCCO)N1CCCCCC1. The number of likely N-dealkylation sites (tertiary alicyclic amines) is 1. The average Bonchev–Trinajstić information content (AvgIpc) is 2.62. The normalized spacial score (nSPS) is 16.6. The third-order valence-corrected chi connectivity index (χ3v) is 3.93. The molecule has 0 aromatic rings. The Morgan fingerprint density at radius 2 is 1.88 bits per heavy atom. The molecule has 1 aliphatic heterocycles. The zero-order valence-electron chi connectivity index (χ0n) is 10.5. The highest BCUT2D eigenvalue weighted by Gasteiger charge is 2.14. The second kappa shape index (κ2) is 9.59. The lowest BCUT2D eigenvalue weighted by Gasteiger charge is -2.20. The van der Waals surface area contributed by atoms with Crippen molar-refractivity contribution in [2.24, 2.45) is 0 Å². The first-order valence-corrected chi connectivity index (χ1v) is 7.71. The van der Waals surface area contributed by atoms with E-state index in [2.05, 4.69) is 5.32 Å². The van der Waals surface area contributed by atoms with Crippen molar-refractivity contribution in [2.75, 3.05) is 37.7 Å². The highest BCUT2D eigenvalue weighted by molar-refractivity contribution is 7.99. The first kappa shape index (κ1) is 14.6. The fraction of sp³-hybridized carbons (Fsp3) is 0.917. The van der Waals surface area contributed by atoms with Crippen LogP contribution in [0.25, 0.3) is 0 Å². The number of hydrogen-bond acceptors (Lipinski definition) is 3. The summed E-state index contributed by atoms with van der Waals surface area (Å²) in [6.45, 7) is 2.80. The van der Waals surface area contributed by atoms with E-state index in [9.17, 15) is 4.79 Å². The maximum absolute atomic E-state index is 11.8. The van der Waals surface area contributed by atoms with E-state index in [-0.39, 0.29) is 12.6 Å². The van der Waals surface area contributed by atoms with Gasteiger partial charge in [-0.1, -0.05) is 12.8 Å². The number of rotatable bonds is 6. The molecule has 0 aliphatic carbocycles. The first-order chi connectivity index (χ1) is 8.34. The van der Waals surface area contributed by atoms with E-state index in [4.69, 9.17) is 5.11 Å². The summed E-state index contributed by atoms with van der Waals surface area (Å²) >= 11 is 1.78. The van der Waals surface area contributed by atoms with Gasteiger partial charge >= 0.3 is 6.03 Å². The van der Waals surface area contributed by atoms with Gasteiger partial charge in [0.05, 0.1) is 0 Å². The molecule has 5 heteroatoms. The third-order valence-electron chi connectivity index (χ3n) is 2.86. The van der Waals surface area contributed by atoms with Crippen LogP contribution in [-0.4, -0.2) is 53.8 Å². The van der Waals surface area contributed by atoms with Crippen LogP contribution in [-0.2, 0) is 0 Å². The summed E-state index contributed by atoms with van der Waals surface area (Å²) in [4.78, 5) is 13.7. The van der Waals surface area contributed by atoms with Gasteiger partial charge in [0, 0.05) is 32.0 Å². The van der Waals surface area contributed by atoms with Crippen molar-refractivity contribution in [3.63, 3.8) is 0 Å². The van der Waals surface area contributed by atoms with E-state index >= 15 is 0 Å². The lowest BCUT2D eigenvalue weighted by Crippen LogP contribution is -2.41. The highest BCUT2D eigenvalue weighted by Crippen LogP contribution is 2.09. The average molecular weight is 260 g/mol. The lowest BCUT2D eigenvalue weighted by atomic mass is 10.2. The van der Waals surface area contributed by atoms with Crippen molar-refractivity contribution >= 4 is 17.8 Å². The first-order valence-electron chi connectivity index (χ1n) is 6.56. The summed E-state index contributed by atoms with van der Waals surface area (Å²) in [6.07, 6.45) is 5.61. The van der Waals surface area contributed by atoms with E-state index in [1.807, 2.05) is 4.90 Å². The van der Waals surface area contributed by atoms with Crippen molar-refractivity contribution in [2.45, 2.75) is 32.1 Å². The Balaban J connectivity index is 2.03. The number of amides is 2. The summed E-state index contributed by atoms with van der Waals surface area (Å²) in [7, 11) is 0. The Kier molecular flexibility index (Phi) is 8.26. The van der Waals surface area contributed by atoms with Crippen molar-refractivity contribution in [1.29, 1.82) is 0 Å². The molecule has 1 saturated heterocycles. The minimum atomic E-state index is 0.0923. The van der Waals surface area contributed by atoms with Gasteiger partial charge in [-0.3, -0.25) is 0 Å². The van der Waals surface area contributed by atoms with Crippen molar-refractivity contribution in [3.8, 4) is 0 Å². The van der Waals surface area contributed by atoms with E-state index in [0.717, 1.165) is 50.4 Å². The molecule has 17 heavy (non-hydrogen) atoms. The van der Waals surface area contributed by atoms with Crippen LogP contribution in [0.15, 0.2) is 0 Å². The zero-order chi connectivity index (χ0) is 12.3. The van der Waals surface area contributed by atoms with Crippen LogP contribution in [0, 0.1) is 0 Å². The number of carbonyl (C=O) groups is 1. The summed E-state index contributed by atoms with van der Waals surface area (Å²) < 4.78 is 0. The van der Waals surface area contributed by atoms with Gasteiger partial charge in [0.2, 0.25) is 0 Å². The molecular formula is C12H24N2O2S. The van der Waals surface area contributed by atoms with Crippen LogP contribution in [0.4, 0.5) is 4.79 Å². The topological polar surface area (TPSA) is 52.6 Å². The van der Waals surface area contributed by atoms with E-state index in [1.165, 1.54) is 12.8 Å². The molecular weight excluding hydrogens is 236 g/mol. The summed E-state index contributed by atoms with van der Waals surface area (Å²) in [5, 5.41) is 11.6. The molecule has 0 saturated carbocycles. The summed E-state index contributed by atoms with van der Waals surface area (Å²) in [5.74, 6) is 1.90. The second-order valence-corrected chi connectivity index (χ2v) is 5.55. The molecule has 1 fully saturated rings. The maximum Gasteiger partial charge on any atom is 0.317 e. The molecule has 100 valence electrons. The molecule has 0 radical (unpaired) electrons. The summed E-state index contributed by atoms with van der Waals surface area (Å²) in [5.41, 5.74) is 0. The number of hydrogen-bond donors (Lipinski definition) is 2. The Hall–Kier alpha value is -0.420. The number of aliphatic hydroxyl groups is 1. The number of nitrogens with zero attached hydrogens (tertiary/aromatic N) is 1. The largest absolute Gasteiger partial charge is 0.396 e. The molecule has 2 N–H and O–H groups in total. The standard InChI is InChI=1S/C12H24N2O2S/c15-9-5-10-17-11-6-13-12(16)14-7-3-1-2-4-8-14/h15H,1-11H2,(H,13,16). The number of nitrogens with one attached hydrogen (secondary N) is 1. The predicted octanol–water partition coefficient (Wildman–Crippen LogP) is 1.69. The number of carbonyl (C=O) groups excluding carboxylic acids is 1. The van der Waals surface area contributed by atoms with Gasteiger partial charge in [0.25, 0.3) is 0 Å². The molecule has 1 rings (SSSR count). The van der Waals surface area contributed by atoms with Gasteiger partial charge in [-0.25, -0.2) is 4.79 Å². The van der Waals surface area contributed by atoms with Gasteiger partial charge in [0.15, 0.2) is 0 Å². The van der Waals surface area contributed by atoms with E-state index in [1.54, 1.807) is 11.8 Å². The quantitative estimate of drug-likeness (QED) is 0.715. The number of aliphatic hydroxyl groups excluding tert-OH is 1. The van der Waals surface area contributed by atoms with Crippen LogP contribution in [0.5, 0.6) is 0 Å². The van der Waals surface area contributed by atoms with Crippen molar-refractivity contribution in [1.82, 2.24) is 10.2 Å². The fourth-order valence-corrected chi connectivity index (χ4v) is 2.67. The van der Waals surface area contributed by atoms with Gasteiger partial charge in [-0.15, -0.1) is 0 Å². The van der Waals surface area contributed by atoms with Crippen LogP contribution < -0.4 is 5.32 Å². The van der Waals surface area contributed by atoms with Crippen molar-refractivity contribution in [3.05, 3.63) is 0 Å². The molecule has 1 aliphatic rings. The number of thioether (sulfide) groups is 1. The predicted molar refractivity (Wildman–Crippen MR) is 72.5 cm³/mol. The highest BCUT2D eigenvalue weighted by atomic mass is 32.2. The van der Waals surface area contributed by atoms with Crippen LogP contribution >= 0.6 is 11.8 Å². The van der Waals surface area contributed by atoms with Crippen LogP contribution in [0.2, 0.25) is 0 Å². The smallest absolute Gasteiger partial charge is 0.317 e. The fourth-order valence-electron chi connectivity index (χ4n) is 1.88. The van der Waals surface area contributed by atoms with Gasteiger partial charge in [0.1, 0.15) is 0 Å². The Morgan fingerprint density at radius 3 is 2.53 bits per heavy atom. The Morgan fingerprint density at radius 1 is 1.18 bits per heavy atom. The monoisotopic (exact) mass is 260 g/mol. The molecule has 0 aromatic heterocycles. The van der Waals surface area contributed by atoms with Crippen LogP contribution in [0.3, 0.4) is 0 Å². The molecule has 2 amide bonds. The molecule has 0 aromatic carbocycles. The third kappa shape index (κ3) is 6.78. The second-order valence-electron chi connectivity index (χ2n) is 4.32. The lowest BCUT2D eigenvalue weighted by molar-refractivity contribution is 0.200. The molecule has 1 heterocycles. The molecule has 4 nitrogen and oxygen atoms in total. The van der Waals surface area contributed by atoms with Crippen molar-refractivity contribution < 1.29 is 9.90 Å². The van der Waals surface area contributed by atoms with E-state index in [0.29, 0.717) is 0 Å². The Bertz CT molecular complexity index is 207. The van der Waals surface area contributed by atoms with E-state index < -0.39 is 0 Å². The molecule has 0 atom stereocenters. The zero-order valence-corrected chi connectivity index (χ0v) is 11.3. The van der Waals surface area contributed by atoms with Gasteiger partial charge in [-0.2, -0.15) is 11.8 Å². The maximum atomic E-state index is 11.8.